The highest BCUT2D eigenvalue weighted by atomic mass is 16.6. The highest BCUT2D eigenvalue weighted by Crippen LogP contribution is 2.34. The summed E-state index contributed by atoms with van der Waals surface area (Å²) in [5.74, 6) is 1.81. The van der Waals surface area contributed by atoms with E-state index < -0.39 is 0 Å². The van der Waals surface area contributed by atoms with Gasteiger partial charge in [0.25, 0.3) is 5.89 Å². The molecule has 2 aromatic heterocycles. The lowest BCUT2D eigenvalue weighted by molar-refractivity contribution is 0.171. The molecular formula is C21H18N6O3. The Morgan fingerprint density at radius 3 is 2.73 bits per heavy atom. The van der Waals surface area contributed by atoms with Gasteiger partial charge in [-0.1, -0.05) is 17.2 Å². The van der Waals surface area contributed by atoms with E-state index in [0.29, 0.717) is 31.4 Å². The molecule has 9 nitrogen and oxygen atoms in total. The molecule has 0 bridgehead atoms. The van der Waals surface area contributed by atoms with Gasteiger partial charge in [-0.3, -0.25) is 9.97 Å². The Bertz CT molecular complexity index is 1150. The molecule has 3 heterocycles. The number of anilines is 3. The smallest absolute Gasteiger partial charge is 0.320 e. The molecule has 4 aromatic rings. The van der Waals surface area contributed by atoms with Gasteiger partial charge in [-0.25, -0.2) is 0 Å². The van der Waals surface area contributed by atoms with Crippen molar-refractivity contribution in [2.24, 2.45) is 0 Å². The van der Waals surface area contributed by atoms with Gasteiger partial charge >= 0.3 is 6.01 Å². The fourth-order valence-corrected chi connectivity index (χ4v) is 3.06. The van der Waals surface area contributed by atoms with Crippen molar-refractivity contribution in [3.05, 3.63) is 66.7 Å². The monoisotopic (exact) mass is 402 g/mol. The van der Waals surface area contributed by atoms with E-state index in [4.69, 9.17) is 13.9 Å². The van der Waals surface area contributed by atoms with E-state index in [1.807, 2.05) is 42.5 Å². The standard InChI is InChI=1S/C21H18N6O3/c1-2-4-17(24-13-15-12-22-7-8-23-15)16(3-1)20-26-27-21(30-20)25-14-5-6-18-19(11-14)29-10-9-28-18/h1-8,11-12,24H,9-10,13H2,(H,25,27). The van der Waals surface area contributed by atoms with Gasteiger partial charge in [0.2, 0.25) is 0 Å². The molecule has 30 heavy (non-hydrogen) atoms. The SMILES string of the molecule is c1ccc(-c2nnc(Nc3ccc4c(c3)OCCO4)o2)c(NCc2cnccn2)c1. The van der Waals surface area contributed by atoms with E-state index in [1.54, 1.807) is 18.6 Å². The van der Waals surface area contributed by atoms with Crippen molar-refractivity contribution in [2.75, 3.05) is 23.8 Å². The van der Waals surface area contributed by atoms with E-state index in [1.165, 1.54) is 0 Å². The minimum absolute atomic E-state index is 0.283. The average molecular weight is 402 g/mol. The molecule has 0 saturated heterocycles. The topological polar surface area (TPSA) is 107 Å². The predicted molar refractivity (Wildman–Crippen MR) is 110 cm³/mol. The van der Waals surface area contributed by atoms with E-state index >= 15 is 0 Å². The van der Waals surface area contributed by atoms with Crippen molar-refractivity contribution in [2.45, 2.75) is 6.54 Å². The third-order valence-electron chi connectivity index (χ3n) is 4.45. The molecule has 1 aliphatic heterocycles. The van der Waals surface area contributed by atoms with E-state index in [9.17, 15) is 0 Å². The summed E-state index contributed by atoms with van der Waals surface area (Å²) in [5.41, 5.74) is 3.25. The van der Waals surface area contributed by atoms with Crippen molar-refractivity contribution in [3.63, 3.8) is 0 Å². The molecular weight excluding hydrogens is 384 g/mol. The highest BCUT2D eigenvalue weighted by molar-refractivity contribution is 5.72. The Kier molecular flexibility index (Phi) is 4.83. The normalized spacial score (nSPS) is 12.4. The first kappa shape index (κ1) is 17.9. The van der Waals surface area contributed by atoms with Gasteiger partial charge in [-0.15, -0.1) is 5.10 Å². The van der Waals surface area contributed by atoms with Crippen LogP contribution in [0.4, 0.5) is 17.4 Å². The summed E-state index contributed by atoms with van der Waals surface area (Å²) in [4.78, 5) is 8.35. The summed E-state index contributed by atoms with van der Waals surface area (Å²) in [7, 11) is 0. The zero-order valence-electron chi connectivity index (χ0n) is 15.9. The van der Waals surface area contributed by atoms with Crippen LogP contribution < -0.4 is 20.1 Å². The van der Waals surface area contributed by atoms with E-state index in [2.05, 4.69) is 30.8 Å². The number of para-hydroxylation sites is 1. The molecule has 9 heteroatoms. The van der Waals surface area contributed by atoms with Crippen LogP contribution >= 0.6 is 0 Å². The number of ether oxygens (including phenoxy) is 2. The largest absolute Gasteiger partial charge is 0.486 e. The molecule has 0 atom stereocenters. The summed E-state index contributed by atoms with van der Waals surface area (Å²) in [6.07, 6.45) is 5.03. The predicted octanol–water partition coefficient (Wildman–Crippen LogP) is 3.65. The van der Waals surface area contributed by atoms with E-state index in [-0.39, 0.29) is 6.01 Å². The third kappa shape index (κ3) is 3.86. The Labute approximate surface area is 172 Å². The van der Waals surface area contributed by atoms with Crippen LogP contribution in [0, 0.1) is 0 Å². The van der Waals surface area contributed by atoms with Crippen LogP contribution in [0.3, 0.4) is 0 Å². The fourth-order valence-electron chi connectivity index (χ4n) is 3.06. The molecule has 0 unspecified atom stereocenters. The second kappa shape index (κ2) is 8.08. The summed E-state index contributed by atoms with van der Waals surface area (Å²) in [6, 6.07) is 13.6. The Morgan fingerprint density at radius 2 is 1.83 bits per heavy atom. The first-order chi connectivity index (χ1) is 14.8. The highest BCUT2D eigenvalue weighted by Gasteiger charge is 2.15. The minimum Gasteiger partial charge on any atom is -0.486 e. The molecule has 0 amide bonds. The first-order valence-corrected chi connectivity index (χ1v) is 9.43. The van der Waals surface area contributed by atoms with Crippen molar-refractivity contribution in [3.8, 4) is 23.0 Å². The molecule has 0 aliphatic carbocycles. The lowest BCUT2D eigenvalue weighted by atomic mass is 10.1. The van der Waals surface area contributed by atoms with Crippen molar-refractivity contribution < 1.29 is 13.9 Å². The number of aromatic nitrogens is 4. The maximum Gasteiger partial charge on any atom is 0.320 e. The van der Waals surface area contributed by atoms with Crippen LogP contribution in [0.5, 0.6) is 11.5 Å². The van der Waals surface area contributed by atoms with Crippen molar-refractivity contribution >= 4 is 17.4 Å². The maximum absolute atomic E-state index is 5.84. The summed E-state index contributed by atoms with van der Waals surface area (Å²) >= 11 is 0. The number of benzene rings is 2. The van der Waals surface area contributed by atoms with Gasteiger partial charge in [-0.05, 0) is 24.3 Å². The number of hydrogen-bond donors (Lipinski definition) is 2. The lowest BCUT2D eigenvalue weighted by Gasteiger charge is -2.18. The van der Waals surface area contributed by atoms with Gasteiger partial charge in [0, 0.05) is 29.8 Å². The summed E-state index contributed by atoms with van der Waals surface area (Å²) < 4.78 is 17.0. The zero-order chi connectivity index (χ0) is 20.2. The lowest BCUT2D eigenvalue weighted by Crippen LogP contribution is -2.15. The van der Waals surface area contributed by atoms with Gasteiger partial charge in [0.05, 0.1) is 24.0 Å². The van der Waals surface area contributed by atoms with Crippen molar-refractivity contribution in [1.82, 2.24) is 20.2 Å². The molecule has 5 rings (SSSR count). The van der Waals surface area contributed by atoms with Crippen LogP contribution in [0.1, 0.15) is 5.69 Å². The Morgan fingerprint density at radius 1 is 0.933 bits per heavy atom. The Hall–Kier alpha value is -4.14. The summed E-state index contributed by atoms with van der Waals surface area (Å²) in [5, 5.41) is 14.7. The van der Waals surface area contributed by atoms with Crippen LogP contribution in [-0.2, 0) is 6.54 Å². The minimum atomic E-state index is 0.283. The molecule has 150 valence electrons. The molecule has 1 aliphatic rings. The first-order valence-electron chi connectivity index (χ1n) is 9.43. The molecule has 0 spiro atoms. The number of rotatable bonds is 6. The molecule has 2 aromatic carbocycles. The van der Waals surface area contributed by atoms with Crippen LogP contribution in [0.25, 0.3) is 11.5 Å². The zero-order valence-corrected chi connectivity index (χ0v) is 15.9. The quantitative estimate of drug-likeness (QED) is 0.499. The van der Waals surface area contributed by atoms with E-state index in [0.717, 1.165) is 28.4 Å². The van der Waals surface area contributed by atoms with Gasteiger partial charge in [0.15, 0.2) is 11.5 Å². The fraction of sp³-hybridized carbons (Fsp3) is 0.143. The Balaban J connectivity index is 1.33. The van der Waals surface area contributed by atoms with Crippen LogP contribution in [-0.4, -0.2) is 33.4 Å². The summed E-state index contributed by atoms with van der Waals surface area (Å²) in [6.45, 7) is 1.61. The second-order valence-electron chi connectivity index (χ2n) is 6.49. The molecule has 2 N–H and O–H groups in total. The molecule has 0 radical (unpaired) electrons. The second-order valence-corrected chi connectivity index (χ2v) is 6.49. The van der Waals surface area contributed by atoms with Crippen LogP contribution in [0.15, 0.2) is 65.5 Å². The van der Waals surface area contributed by atoms with Gasteiger partial charge in [-0.2, -0.15) is 0 Å². The van der Waals surface area contributed by atoms with Crippen LogP contribution in [0.2, 0.25) is 0 Å². The number of nitrogens with one attached hydrogen (secondary N) is 2. The van der Waals surface area contributed by atoms with Crippen molar-refractivity contribution in [1.29, 1.82) is 0 Å². The van der Waals surface area contributed by atoms with Gasteiger partial charge in [0.1, 0.15) is 13.2 Å². The molecule has 0 saturated carbocycles. The third-order valence-corrected chi connectivity index (χ3v) is 4.45. The number of fused-ring (bicyclic) bond motifs is 1. The number of nitrogens with zero attached hydrogens (tertiary/aromatic N) is 4. The average Bonchev–Trinajstić information content (AvgIpc) is 3.27. The van der Waals surface area contributed by atoms with Gasteiger partial charge < -0.3 is 24.5 Å². The molecule has 0 fully saturated rings. The maximum atomic E-state index is 5.84. The number of hydrogen-bond acceptors (Lipinski definition) is 9.